The van der Waals surface area contributed by atoms with Gasteiger partial charge in [0.15, 0.2) is 0 Å². The Hall–Kier alpha value is -3.47. The van der Waals surface area contributed by atoms with E-state index in [-0.39, 0.29) is 18.1 Å². The third kappa shape index (κ3) is 4.04. The molecule has 0 saturated carbocycles. The average Bonchev–Trinajstić information content (AvgIpc) is 2.97. The minimum atomic E-state index is -0.310. The number of carbonyl (C=O) groups excluding carboxylic acids is 1. The minimum absolute atomic E-state index is 0.146. The Kier molecular flexibility index (Phi) is 5.12. The number of carbonyl (C=O) groups is 1. The van der Waals surface area contributed by atoms with Crippen molar-refractivity contribution in [1.29, 1.82) is 0 Å². The maximum atomic E-state index is 13.0. The van der Waals surface area contributed by atoms with Gasteiger partial charge >= 0.3 is 0 Å². The van der Waals surface area contributed by atoms with Gasteiger partial charge < -0.3 is 5.32 Å². The van der Waals surface area contributed by atoms with Gasteiger partial charge in [-0.25, -0.2) is 4.39 Å². The fraction of sp³-hybridized carbons (Fsp3) is 0.167. The lowest BCUT2D eigenvalue weighted by atomic mass is 10.0. The van der Waals surface area contributed by atoms with E-state index in [1.165, 1.54) is 28.5 Å². The van der Waals surface area contributed by atoms with Crippen molar-refractivity contribution < 1.29 is 9.18 Å². The molecule has 146 valence electrons. The van der Waals surface area contributed by atoms with Crippen LogP contribution in [0.25, 0.3) is 10.8 Å². The Labute approximate surface area is 169 Å². The van der Waals surface area contributed by atoms with Crippen molar-refractivity contribution in [2.75, 3.05) is 5.32 Å². The number of anilines is 1. The molecule has 0 spiro atoms. The molecule has 1 amide bonds. The topological polar surface area (TPSA) is 46.9 Å². The lowest BCUT2D eigenvalue weighted by molar-refractivity contribution is -0.115. The summed E-state index contributed by atoms with van der Waals surface area (Å²) in [5.41, 5.74) is 4.36. The molecule has 0 atom stereocenters. The van der Waals surface area contributed by atoms with Gasteiger partial charge in [0.25, 0.3) is 0 Å². The van der Waals surface area contributed by atoms with Crippen LogP contribution in [-0.2, 0) is 17.8 Å². The van der Waals surface area contributed by atoms with E-state index in [0.29, 0.717) is 6.54 Å². The molecule has 0 aliphatic heterocycles. The number of nitrogens with zero attached hydrogens (tertiary/aromatic N) is 2. The molecule has 0 radical (unpaired) electrons. The summed E-state index contributed by atoms with van der Waals surface area (Å²) in [6.45, 7) is 4.47. The highest BCUT2D eigenvalue weighted by Gasteiger charge is 2.15. The lowest BCUT2D eigenvalue weighted by Gasteiger charge is -2.09. The molecule has 29 heavy (non-hydrogen) atoms. The van der Waals surface area contributed by atoms with Crippen LogP contribution in [0, 0.1) is 19.7 Å². The molecule has 0 bridgehead atoms. The fourth-order valence-electron chi connectivity index (χ4n) is 3.59. The highest BCUT2D eigenvalue weighted by molar-refractivity contribution is 5.93. The van der Waals surface area contributed by atoms with Gasteiger partial charge in [-0.05, 0) is 47.9 Å². The summed E-state index contributed by atoms with van der Waals surface area (Å²) in [4.78, 5) is 12.5. The minimum Gasteiger partial charge on any atom is -0.323 e. The Morgan fingerprint density at radius 3 is 2.52 bits per heavy atom. The molecular weight excluding hydrogens is 365 g/mol. The van der Waals surface area contributed by atoms with Crippen molar-refractivity contribution in [1.82, 2.24) is 9.78 Å². The van der Waals surface area contributed by atoms with Crippen LogP contribution in [0.1, 0.15) is 22.5 Å². The quantitative estimate of drug-likeness (QED) is 0.523. The molecule has 0 saturated heterocycles. The Morgan fingerprint density at radius 1 is 1.00 bits per heavy atom. The normalized spacial score (nSPS) is 11.0. The van der Waals surface area contributed by atoms with Gasteiger partial charge in [0.05, 0.1) is 30.0 Å². The molecule has 0 fully saturated rings. The number of halogens is 1. The number of fused-ring (bicyclic) bond motifs is 1. The van der Waals surface area contributed by atoms with Crippen molar-refractivity contribution in [3.8, 4) is 0 Å². The van der Waals surface area contributed by atoms with E-state index in [2.05, 4.69) is 40.7 Å². The van der Waals surface area contributed by atoms with Crippen molar-refractivity contribution in [2.24, 2.45) is 0 Å². The third-order valence-corrected chi connectivity index (χ3v) is 5.12. The van der Waals surface area contributed by atoms with Crippen molar-refractivity contribution in [2.45, 2.75) is 26.8 Å². The smallest absolute Gasteiger partial charge is 0.228 e. The van der Waals surface area contributed by atoms with Gasteiger partial charge in [0.2, 0.25) is 5.91 Å². The second-order valence-electron chi connectivity index (χ2n) is 7.19. The van der Waals surface area contributed by atoms with Crippen LogP contribution in [0.3, 0.4) is 0 Å². The number of aromatic nitrogens is 2. The predicted octanol–water partition coefficient (Wildman–Crippen LogP) is 5.02. The molecule has 5 heteroatoms. The van der Waals surface area contributed by atoms with Crippen molar-refractivity contribution >= 4 is 22.4 Å². The van der Waals surface area contributed by atoms with Crippen LogP contribution in [0.4, 0.5) is 10.1 Å². The molecular formula is C24H22FN3O. The van der Waals surface area contributed by atoms with E-state index in [4.69, 9.17) is 0 Å². The molecule has 3 aromatic carbocycles. The van der Waals surface area contributed by atoms with E-state index in [1.54, 1.807) is 12.1 Å². The Balaban J connectivity index is 1.54. The zero-order valence-corrected chi connectivity index (χ0v) is 16.4. The van der Waals surface area contributed by atoms with Gasteiger partial charge in [0.1, 0.15) is 5.82 Å². The fourth-order valence-corrected chi connectivity index (χ4v) is 3.59. The largest absolute Gasteiger partial charge is 0.323 e. The van der Waals surface area contributed by atoms with Gasteiger partial charge in [-0.15, -0.1) is 0 Å². The highest BCUT2D eigenvalue weighted by atomic mass is 19.1. The zero-order valence-electron chi connectivity index (χ0n) is 16.4. The monoisotopic (exact) mass is 387 g/mol. The number of hydrogen-bond acceptors (Lipinski definition) is 2. The molecule has 4 rings (SSSR count). The first-order valence-corrected chi connectivity index (χ1v) is 9.56. The molecule has 0 aliphatic carbocycles. The van der Waals surface area contributed by atoms with E-state index in [1.807, 2.05) is 30.7 Å². The summed E-state index contributed by atoms with van der Waals surface area (Å²) in [5.74, 6) is -0.455. The van der Waals surface area contributed by atoms with E-state index in [9.17, 15) is 9.18 Å². The van der Waals surface area contributed by atoms with Crippen LogP contribution in [0.15, 0.2) is 66.7 Å². The summed E-state index contributed by atoms with van der Waals surface area (Å²) in [5, 5.41) is 10.00. The van der Waals surface area contributed by atoms with E-state index < -0.39 is 0 Å². The van der Waals surface area contributed by atoms with Gasteiger partial charge in [-0.2, -0.15) is 5.10 Å². The van der Waals surface area contributed by atoms with Crippen molar-refractivity contribution in [3.05, 3.63) is 95.1 Å². The van der Waals surface area contributed by atoms with Crippen LogP contribution in [0.5, 0.6) is 0 Å². The highest BCUT2D eigenvalue weighted by Crippen LogP contribution is 2.24. The first-order valence-electron chi connectivity index (χ1n) is 9.56. The summed E-state index contributed by atoms with van der Waals surface area (Å²) in [6.07, 6.45) is 0.188. The zero-order chi connectivity index (χ0) is 20.4. The number of nitrogens with one attached hydrogen (secondary N) is 1. The molecule has 4 aromatic rings. The maximum Gasteiger partial charge on any atom is 0.228 e. The third-order valence-electron chi connectivity index (χ3n) is 5.12. The SMILES string of the molecule is Cc1nn(Cc2cccc3ccccc23)c(C)c1NC(=O)Cc1ccc(F)cc1. The summed E-state index contributed by atoms with van der Waals surface area (Å²) >= 11 is 0. The lowest BCUT2D eigenvalue weighted by Crippen LogP contribution is -2.15. The van der Waals surface area contributed by atoms with Crippen LogP contribution >= 0.6 is 0 Å². The average molecular weight is 387 g/mol. The second kappa shape index (κ2) is 7.87. The predicted molar refractivity (Wildman–Crippen MR) is 113 cm³/mol. The van der Waals surface area contributed by atoms with E-state index in [0.717, 1.165) is 22.6 Å². The van der Waals surface area contributed by atoms with Crippen molar-refractivity contribution in [3.63, 3.8) is 0 Å². The molecule has 1 heterocycles. The first-order chi connectivity index (χ1) is 14.0. The molecule has 1 aromatic heterocycles. The number of benzene rings is 3. The molecule has 1 N–H and O–H groups in total. The first kappa shape index (κ1) is 18.9. The number of hydrogen-bond donors (Lipinski definition) is 1. The Morgan fingerprint density at radius 2 is 1.72 bits per heavy atom. The van der Waals surface area contributed by atoms with Crippen LogP contribution in [0.2, 0.25) is 0 Å². The Bertz CT molecular complexity index is 1170. The van der Waals surface area contributed by atoms with Gasteiger partial charge in [0, 0.05) is 0 Å². The van der Waals surface area contributed by atoms with Crippen LogP contribution < -0.4 is 5.32 Å². The number of aryl methyl sites for hydroxylation is 1. The van der Waals surface area contributed by atoms with Gasteiger partial charge in [-0.1, -0.05) is 54.6 Å². The molecule has 0 unspecified atom stereocenters. The molecule has 0 aliphatic rings. The summed E-state index contributed by atoms with van der Waals surface area (Å²) in [7, 11) is 0. The maximum absolute atomic E-state index is 13.0. The van der Waals surface area contributed by atoms with Gasteiger partial charge in [-0.3, -0.25) is 9.48 Å². The molecule has 4 nitrogen and oxygen atoms in total. The number of amides is 1. The number of rotatable bonds is 5. The standard InChI is InChI=1S/C24H22FN3O/c1-16-24(26-23(29)14-18-10-12-21(25)13-11-18)17(2)28(27-16)15-20-8-5-7-19-6-3-4-9-22(19)20/h3-13H,14-15H2,1-2H3,(H,26,29). The van der Waals surface area contributed by atoms with Crippen LogP contribution in [-0.4, -0.2) is 15.7 Å². The second-order valence-corrected chi connectivity index (χ2v) is 7.19. The summed E-state index contributed by atoms with van der Waals surface area (Å²) < 4.78 is 15.0. The van der Waals surface area contributed by atoms with E-state index >= 15 is 0 Å². The summed E-state index contributed by atoms with van der Waals surface area (Å²) in [6, 6.07) is 20.5.